The molecule has 2 aliphatic rings. The molecule has 21 heavy (non-hydrogen) atoms. The van der Waals surface area contributed by atoms with E-state index in [1.807, 2.05) is 30.3 Å². The van der Waals surface area contributed by atoms with Crippen molar-refractivity contribution in [2.24, 2.45) is 27.5 Å². The van der Waals surface area contributed by atoms with Crippen molar-refractivity contribution >= 4 is 11.6 Å². The van der Waals surface area contributed by atoms with Crippen molar-refractivity contribution in [2.45, 2.75) is 46.1 Å². The van der Waals surface area contributed by atoms with Crippen molar-refractivity contribution in [2.75, 3.05) is 0 Å². The lowest BCUT2D eigenvalue weighted by atomic mass is 9.70. The first-order chi connectivity index (χ1) is 9.86. The number of rotatable bonds is 3. The molecule has 0 aromatic heterocycles. The first-order valence-corrected chi connectivity index (χ1v) is 7.77. The first kappa shape index (κ1) is 14.3. The molecule has 1 aromatic carbocycles. The van der Waals surface area contributed by atoms with Crippen LogP contribution in [0, 0.1) is 16.7 Å². The highest BCUT2D eigenvalue weighted by Crippen LogP contribution is 2.64. The Labute approximate surface area is 126 Å². The van der Waals surface area contributed by atoms with Gasteiger partial charge in [0.1, 0.15) is 0 Å². The van der Waals surface area contributed by atoms with Gasteiger partial charge in [-0.3, -0.25) is 9.79 Å². The molecule has 3 atom stereocenters. The van der Waals surface area contributed by atoms with Crippen molar-refractivity contribution in [1.29, 1.82) is 0 Å². The standard InChI is InChI=1S/C18H24N2O/c1-17(2)13-9-10-18(17,3)14(11-13)20-15(16(19)21)12-7-5-4-6-8-12/h4-8,13,15H,9-11H2,1-3H3,(H2,19,21)/t13-,15+,18+/m1/s1. The van der Waals surface area contributed by atoms with Crippen LogP contribution in [0.3, 0.4) is 0 Å². The Morgan fingerprint density at radius 1 is 1.29 bits per heavy atom. The third kappa shape index (κ3) is 2.02. The number of fused-ring (bicyclic) bond motifs is 2. The van der Waals surface area contributed by atoms with Crippen LogP contribution >= 0.6 is 0 Å². The summed E-state index contributed by atoms with van der Waals surface area (Å²) in [5.74, 6) is 0.323. The highest BCUT2D eigenvalue weighted by Gasteiger charge is 2.59. The van der Waals surface area contributed by atoms with Crippen LogP contribution in [0.2, 0.25) is 0 Å². The number of hydrogen-bond acceptors (Lipinski definition) is 2. The van der Waals surface area contributed by atoms with Crippen molar-refractivity contribution in [1.82, 2.24) is 0 Å². The Morgan fingerprint density at radius 3 is 2.43 bits per heavy atom. The molecule has 3 rings (SSSR count). The van der Waals surface area contributed by atoms with Gasteiger partial charge in [0.2, 0.25) is 5.91 Å². The molecule has 0 saturated heterocycles. The number of carbonyl (C=O) groups is 1. The Kier molecular flexibility index (Phi) is 3.19. The minimum absolute atomic E-state index is 0.111. The fourth-order valence-electron chi connectivity index (χ4n) is 4.22. The summed E-state index contributed by atoms with van der Waals surface area (Å²) in [6.45, 7) is 6.99. The zero-order chi connectivity index (χ0) is 15.3. The van der Waals surface area contributed by atoms with E-state index in [1.165, 1.54) is 18.6 Å². The number of hydrogen-bond donors (Lipinski definition) is 1. The summed E-state index contributed by atoms with van der Waals surface area (Å²) in [6.07, 6.45) is 3.46. The van der Waals surface area contributed by atoms with Crippen molar-refractivity contribution in [3.05, 3.63) is 35.9 Å². The van der Waals surface area contributed by atoms with Crippen molar-refractivity contribution in [3.63, 3.8) is 0 Å². The van der Waals surface area contributed by atoms with Crippen LogP contribution in [-0.2, 0) is 4.79 Å². The fraction of sp³-hybridized carbons (Fsp3) is 0.556. The van der Waals surface area contributed by atoms with E-state index in [0.717, 1.165) is 12.0 Å². The molecule has 2 saturated carbocycles. The summed E-state index contributed by atoms with van der Waals surface area (Å²) in [6, 6.07) is 9.11. The number of benzene rings is 1. The summed E-state index contributed by atoms with van der Waals surface area (Å²) in [5, 5.41) is 0. The monoisotopic (exact) mass is 284 g/mol. The summed E-state index contributed by atoms with van der Waals surface area (Å²) < 4.78 is 0. The smallest absolute Gasteiger partial charge is 0.246 e. The van der Waals surface area contributed by atoms with Crippen LogP contribution in [0.4, 0.5) is 0 Å². The lowest BCUT2D eigenvalue weighted by Gasteiger charge is -2.35. The maximum absolute atomic E-state index is 11.9. The van der Waals surface area contributed by atoms with Crippen LogP contribution < -0.4 is 5.73 Å². The van der Waals surface area contributed by atoms with Gasteiger partial charge in [-0.25, -0.2) is 0 Å². The van der Waals surface area contributed by atoms with Gasteiger partial charge in [0, 0.05) is 11.1 Å². The van der Waals surface area contributed by atoms with Gasteiger partial charge in [0.05, 0.1) is 0 Å². The van der Waals surface area contributed by atoms with E-state index in [9.17, 15) is 4.79 Å². The first-order valence-electron chi connectivity index (χ1n) is 7.77. The van der Waals surface area contributed by atoms with Crippen LogP contribution in [0.5, 0.6) is 0 Å². The van der Waals surface area contributed by atoms with E-state index in [4.69, 9.17) is 10.7 Å². The molecule has 0 aliphatic heterocycles. The summed E-state index contributed by atoms with van der Waals surface area (Å²) in [4.78, 5) is 16.7. The number of nitrogens with zero attached hydrogens (tertiary/aromatic N) is 1. The second-order valence-corrected chi connectivity index (χ2v) is 7.28. The summed E-state index contributed by atoms with van der Waals surface area (Å²) in [5.41, 5.74) is 8.07. The van der Waals surface area contributed by atoms with E-state index < -0.39 is 6.04 Å². The topological polar surface area (TPSA) is 55.4 Å². The normalized spacial score (nSPS) is 33.3. The van der Waals surface area contributed by atoms with Gasteiger partial charge >= 0.3 is 0 Å². The van der Waals surface area contributed by atoms with Gasteiger partial charge in [-0.2, -0.15) is 0 Å². The minimum atomic E-state index is -0.548. The zero-order valence-electron chi connectivity index (χ0n) is 13.1. The molecule has 112 valence electrons. The van der Waals surface area contributed by atoms with Gasteiger partial charge in [-0.1, -0.05) is 51.1 Å². The van der Waals surface area contributed by atoms with Gasteiger partial charge in [0.15, 0.2) is 6.04 Å². The number of aliphatic imine (C=N–C) groups is 1. The largest absolute Gasteiger partial charge is 0.368 e. The Hall–Kier alpha value is -1.64. The van der Waals surface area contributed by atoms with Gasteiger partial charge in [-0.05, 0) is 36.2 Å². The number of primary amides is 1. The highest BCUT2D eigenvalue weighted by atomic mass is 16.1. The average molecular weight is 284 g/mol. The minimum Gasteiger partial charge on any atom is -0.368 e. The third-order valence-corrected chi connectivity index (χ3v) is 6.18. The molecule has 0 unspecified atom stereocenters. The van der Waals surface area contributed by atoms with E-state index in [1.54, 1.807) is 0 Å². The number of amides is 1. The fourth-order valence-corrected chi connectivity index (χ4v) is 4.22. The van der Waals surface area contributed by atoms with Crippen LogP contribution in [-0.4, -0.2) is 11.6 Å². The van der Waals surface area contributed by atoms with Gasteiger partial charge < -0.3 is 5.73 Å². The molecule has 0 radical (unpaired) electrons. The maximum Gasteiger partial charge on any atom is 0.246 e. The quantitative estimate of drug-likeness (QED) is 0.907. The molecule has 1 aromatic rings. The highest BCUT2D eigenvalue weighted by molar-refractivity contribution is 5.96. The molecule has 2 fully saturated rings. The molecule has 2 aliphatic carbocycles. The zero-order valence-corrected chi connectivity index (χ0v) is 13.1. The van der Waals surface area contributed by atoms with E-state index in [2.05, 4.69) is 20.8 Å². The molecule has 3 heteroatoms. The molecular formula is C18H24N2O. The Bertz CT molecular complexity index is 590. The Balaban J connectivity index is 1.99. The summed E-state index contributed by atoms with van der Waals surface area (Å²) >= 11 is 0. The Morgan fingerprint density at radius 2 is 1.95 bits per heavy atom. The van der Waals surface area contributed by atoms with Crippen molar-refractivity contribution < 1.29 is 4.79 Å². The van der Waals surface area contributed by atoms with Crippen LogP contribution in [0.15, 0.2) is 35.3 Å². The van der Waals surface area contributed by atoms with Crippen LogP contribution in [0.25, 0.3) is 0 Å². The second kappa shape index (κ2) is 4.69. The van der Waals surface area contributed by atoms with Crippen molar-refractivity contribution in [3.8, 4) is 0 Å². The molecule has 2 bridgehead atoms. The number of carbonyl (C=O) groups excluding carboxylic acids is 1. The predicted octanol–water partition coefficient (Wildman–Crippen LogP) is 3.50. The van der Waals surface area contributed by atoms with E-state index >= 15 is 0 Å². The molecule has 3 nitrogen and oxygen atoms in total. The molecular weight excluding hydrogens is 260 g/mol. The molecule has 0 heterocycles. The third-order valence-electron chi connectivity index (χ3n) is 6.18. The maximum atomic E-state index is 11.9. The van der Waals surface area contributed by atoms with Gasteiger partial charge in [0.25, 0.3) is 0 Å². The number of nitrogens with two attached hydrogens (primary N) is 1. The average Bonchev–Trinajstić information content (AvgIpc) is 2.78. The molecule has 0 spiro atoms. The lowest BCUT2D eigenvalue weighted by Crippen LogP contribution is -2.33. The lowest BCUT2D eigenvalue weighted by molar-refractivity contribution is -0.119. The van der Waals surface area contributed by atoms with Crippen LogP contribution in [0.1, 0.15) is 51.6 Å². The van der Waals surface area contributed by atoms with E-state index in [-0.39, 0.29) is 16.7 Å². The molecule has 1 amide bonds. The predicted molar refractivity (Wildman–Crippen MR) is 85.0 cm³/mol. The second-order valence-electron chi connectivity index (χ2n) is 7.28. The SMILES string of the molecule is CC1(C)[C@@H]2CC[C@@]1(C)C(=N[C@H](C(N)=O)c1ccccc1)C2. The van der Waals surface area contributed by atoms with E-state index in [0.29, 0.717) is 5.92 Å². The molecule has 2 N–H and O–H groups in total. The summed E-state index contributed by atoms with van der Waals surface area (Å²) in [7, 11) is 0. The van der Waals surface area contributed by atoms with Gasteiger partial charge in [-0.15, -0.1) is 0 Å².